The van der Waals surface area contributed by atoms with Crippen LogP contribution in [-0.2, 0) is 17.4 Å². The number of alkyl halides is 3. The van der Waals surface area contributed by atoms with E-state index in [9.17, 15) is 27.6 Å². The van der Waals surface area contributed by atoms with Crippen LogP contribution < -0.4 is 10.6 Å². The average Bonchev–Trinajstić information content (AvgIpc) is 2.88. The number of amides is 4. The van der Waals surface area contributed by atoms with E-state index in [1.165, 1.54) is 6.07 Å². The van der Waals surface area contributed by atoms with E-state index in [-0.39, 0.29) is 43.1 Å². The Morgan fingerprint density at radius 3 is 2.43 bits per heavy atom. The number of nitrogens with one attached hydrogen (secondary N) is 2. The SMILES string of the molecule is CCCCNC(=O)N1CCN(C(=O)C(Cc2ccccc2)NC(=O)c2cccc(C(F)(F)F)c2)CC1C. The van der Waals surface area contributed by atoms with E-state index >= 15 is 0 Å². The topological polar surface area (TPSA) is 81.8 Å². The van der Waals surface area contributed by atoms with Crippen LogP contribution in [0.1, 0.15) is 48.2 Å². The predicted octanol–water partition coefficient (Wildman–Crippen LogP) is 4.09. The van der Waals surface area contributed by atoms with Crippen LogP contribution in [0.15, 0.2) is 54.6 Å². The zero-order chi connectivity index (χ0) is 27.0. The van der Waals surface area contributed by atoms with E-state index < -0.39 is 23.7 Å². The summed E-state index contributed by atoms with van der Waals surface area (Å²) < 4.78 is 39.4. The van der Waals surface area contributed by atoms with Gasteiger partial charge in [0.1, 0.15) is 6.04 Å². The summed E-state index contributed by atoms with van der Waals surface area (Å²) in [6.07, 6.45) is -2.57. The number of urea groups is 1. The van der Waals surface area contributed by atoms with Crippen molar-refractivity contribution in [1.82, 2.24) is 20.4 Å². The third-order valence-electron chi connectivity index (χ3n) is 6.34. The Bertz CT molecular complexity index is 1080. The number of carbonyl (C=O) groups excluding carboxylic acids is 3. The van der Waals surface area contributed by atoms with Crippen LogP contribution >= 0.6 is 0 Å². The minimum absolute atomic E-state index is 0.174. The van der Waals surface area contributed by atoms with Crippen LogP contribution in [0.5, 0.6) is 0 Å². The number of piperazine rings is 1. The van der Waals surface area contributed by atoms with E-state index in [0.717, 1.165) is 36.6 Å². The maximum absolute atomic E-state index is 13.5. The van der Waals surface area contributed by atoms with Gasteiger partial charge in [-0.1, -0.05) is 49.7 Å². The summed E-state index contributed by atoms with van der Waals surface area (Å²) in [7, 11) is 0. The third-order valence-corrected chi connectivity index (χ3v) is 6.34. The van der Waals surface area contributed by atoms with Gasteiger partial charge in [-0.2, -0.15) is 13.2 Å². The molecule has 2 aromatic rings. The monoisotopic (exact) mass is 518 g/mol. The first-order valence-corrected chi connectivity index (χ1v) is 12.5. The first-order valence-electron chi connectivity index (χ1n) is 12.5. The number of halogens is 3. The normalized spacial score (nSPS) is 16.7. The van der Waals surface area contributed by atoms with Crippen LogP contribution in [0.2, 0.25) is 0 Å². The summed E-state index contributed by atoms with van der Waals surface area (Å²) in [6, 6.07) is 11.8. The quantitative estimate of drug-likeness (QED) is 0.517. The lowest BCUT2D eigenvalue weighted by Gasteiger charge is -2.41. The molecule has 3 rings (SSSR count). The molecule has 10 heteroatoms. The number of rotatable bonds is 8. The molecule has 2 N–H and O–H groups in total. The molecule has 0 bridgehead atoms. The number of unbranched alkanes of at least 4 members (excludes halogenated alkanes) is 1. The summed E-state index contributed by atoms with van der Waals surface area (Å²) in [5, 5.41) is 5.54. The fourth-order valence-electron chi connectivity index (χ4n) is 4.28. The zero-order valence-electron chi connectivity index (χ0n) is 21.1. The second-order valence-corrected chi connectivity index (χ2v) is 9.21. The molecule has 1 heterocycles. The zero-order valence-corrected chi connectivity index (χ0v) is 21.1. The van der Waals surface area contributed by atoms with Crippen molar-refractivity contribution in [3.05, 3.63) is 71.3 Å². The predicted molar refractivity (Wildman–Crippen MR) is 134 cm³/mol. The number of benzene rings is 2. The van der Waals surface area contributed by atoms with Gasteiger partial charge in [-0.05, 0) is 37.1 Å². The summed E-state index contributed by atoms with van der Waals surface area (Å²) in [6.45, 7) is 5.38. The van der Waals surface area contributed by atoms with E-state index in [4.69, 9.17) is 0 Å². The lowest BCUT2D eigenvalue weighted by molar-refractivity contribution is -0.137. The molecular weight excluding hydrogens is 485 g/mol. The Labute approximate surface area is 215 Å². The average molecular weight is 519 g/mol. The standard InChI is InChI=1S/C27H33F3N4O3/c1-3-4-13-31-26(37)34-15-14-33(18-19(34)2)25(36)23(16-20-9-6-5-7-10-20)32-24(35)21-11-8-12-22(17-21)27(28,29)30/h5-12,17,19,23H,3-4,13-16,18H2,1-2H3,(H,31,37)(H,32,35). The van der Waals surface area contributed by atoms with Gasteiger partial charge < -0.3 is 20.4 Å². The van der Waals surface area contributed by atoms with Crippen molar-refractivity contribution in [2.75, 3.05) is 26.2 Å². The summed E-state index contributed by atoms with van der Waals surface area (Å²) in [5.74, 6) is -1.11. The Morgan fingerprint density at radius 2 is 1.78 bits per heavy atom. The van der Waals surface area contributed by atoms with Crippen molar-refractivity contribution in [2.24, 2.45) is 0 Å². The van der Waals surface area contributed by atoms with Gasteiger partial charge in [-0.3, -0.25) is 9.59 Å². The van der Waals surface area contributed by atoms with Gasteiger partial charge >= 0.3 is 12.2 Å². The Morgan fingerprint density at radius 1 is 1.05 bits per heavy atom. The Kier molecular flexibility index (Phi) is 9.54. The molecule has 200 valence electrons. The van der Waals surface area contributed by atoms with Gasteiger partial charge in [0.25, 0.3) is 5.91 Å². The number of nitrogens with zero attached hydrogens (tertiary/aromatic N) is 2. The van der Waals surface area contributed by atoms with Crippen molar-refractivity contribution in [3.8, 4) is 0 Å². The number of hydrogen-bond donors (Lipinski definition) is 2. The largest absolute Gasteiger partial charge is 0.416 e. The second-order valence-electron chi connectivity index (χ2n) is 9.21. The van der Waals surface area contributed by atoms with Gasteiger partial charge in [0.15, 0.2) is 0 Å². The third kappa shape index (κ3) is 7.71. The second kappa shape index (κ2) is 12.6. The highest BCUT2D eigenvalue weighted by molar-refractivity contribution is 5.97. The maximum atomic E-state index is 13.5. The van der Waals surface area contributed by atoms with E-state index in [1.54, 1.807) is 9.80 Å². The summed E-state index contributed by atoms with van der Waals surface area (Å²) in [4.78, 5) is 42.3. The van der Waals surface area contributed by atoms with Crippen molar-refractivity contribution >= 4 is 17.8 Å². The van der Waals surface area contributed by atoms with Crippen LogP contribution in [0, 0.1) is 0 Å². The molecule has 7 nitrogen and oxygen atoms in total. The lowest BCUT2D eigenvalue weighted by atomic mass is 10.0. The molecule has 2 unspecified atom stereocenters. The highest BCUT2D eigenvalue weighted by atomic mass is 19.4. The number of hydrogen-bond acceptors (Lipinski definition) is 3. The highest BCUT2D eigenvalue weighted by Gasteiger charge is 2.34. The van der Waals surface area contributed by atoms with Crippen molar-refractivity contribution in [2.45, 2.75) is 51.4 Å². The molecule has 0 aliphatic carbocycles. The maximum Gasteiger partial charge on any atom is 0.416 e. The number of carbonyl (C=O) groups is 3. The van der Waals surface area contributed by atoms with Gasteiger partial charge in [-0.15, -0.1) is 0 Å². The fourth-order valence-corrected chi connectivity index (χ4v) is 4.28. The van der Waals surface area contributed by atoms with Gasteiger partial charge in [0.2, 0.25) is 5.91 Å². The minimum Gasteiger partial charge on any atom is -0.340 e. The van der Waals surface area contributed by atoms with Gasteiger partial charge in [0, 0.05) is 44.2 Å². The Hall–Kier alpha value is -3.56. The van der Waals surface area contributed by atoms with Gasteiger partial charge in [-0.25, -0.2) is 4.79 Å². The Balaban J connectivity index is 1.74. The molecule has 4 amide bonds. The molecule has 0 aromatic heterocycles. The van der Waals surface area contributed by atoms with Crippen molar-refractivity contribution < 1.29 is 27.6 Å². The van der Waals surface area contributed by atoms with E-state index in [0.29, 0.717) is 13.1 Å². The van der Waals surface area contributed by atoms with Crippen molar-refractivity contribution in [3.63, 3.8) is 0 Å². The molecule has 0 spiro atoms. The minimum atomic E-state index is -4.59. The fraction of sp³-hybridized carbons (Fsp3) is 0.444. The van der Waals surface area contributed by atoms with E-state index in [2.05, 4.69) is 10.6 Å². The molecule has 2 atom stereocenters. The van der Waals surface area contributed by atoms with Crippen LogP contribution in [0.4, 0.5) is 18.0 Å². The summed E-state index contributed by atoms with van der Waals surface area (Å²) >= 11 is 0. The van der Waals surface area contributed by atoms with Crippen LogP contribution in [0.25, 0.3) is 0 Å². The molecule has 2 aromatic carbocycles. The molecule has 0 radical (unpaired) electrons. The van der Waals surface area contributed by atoms with Gasteiger partial charge in [0.05, 0.1) is 5.56 Å². The lowest BCUT2D eigenvalue weighted by Crippen LogP contribution is -2.60. The molecular formula is C27H33F3N4O3. The summed E-state index contributed by atoms with van der Waals surface area (Å²) in [5.41, 5.74) is -0.317. The molecule has 1 aliphatic rings. The van der Waals surface area contributed by atoms with Crippen LogP contribution in [0.3, 0.4) is 0 Å². The molecule has 1 fully saturated rings. The smallest absolute Gasteiger partial charge is 0.340 e. The van der Waals surface area contributed by atoms with E-state index in [1.807, 2.05) is 44.2 Å². The molecule has 1 saturated heterocycles. The molecule has 1 aliphatic heterocycles. The first-order chi connectivity index (χ1) is 17.6. The molecule has 0 saturated carbocycles. The molecule has 37 heavy (non-hydrogen) atoms. The highest BCUT2D eigenvalue weighted by Crippen LogP contribution is 2.29. The van der Waals surface area contributed by atoms with Crippen LogP contribution in [-0.4, -0.2) is 65.9 Å². The first kappa shape index (κ1) is 28.0. The van der Waals surface area contributed by atoms with Crippen molar-refractivity contribution in [1.29, 1.82) is 0 Å².